The van der Waals surface area contributed by atoms with E-state index in [9.17, 15) is 9.90 Å². The van der Waals surface area contributed by atoms with Crippen LogP contribution in [0.25, 0.3) is 10.9 Å². The van der Waals surface area contributed by atoms with E-state index in [1.54, 1.807) is 0 Å². The molecule has 0 aliphatic heterocycles. The topological polar surface area (TPSA) is 89.3 Å². The molecule has 2 aromatic heterocycles. The Balaban J connectivity index is 1.43. The Hall–Kier alpha value is -3.87. The molecule has 7 heteroatoms. The van der Waals surface area contributed by atoms with Crippen LogP contribution in [0.15, 0.2) is 54.9 Å². The lowest BCUT2D eigenvalue weighted by Crippen LogP contribution is -2.16. The van der Waals surface area contributed by atoms with Gasteiger partial charge in [0.25, 0.3) is 0 Å². The lowest BCUT2D eigenvalue weighted by Gasteiger charge is -2.11. The van der Waals surface area contributed by atoms with E-state index >= 15 is 0 Å². The molecule has 2 N–H and O–H groups in total. The first-order chi connectivity index (χ1) is 16.4. The summed E-state index contributed by atoms with van der Waals surface area (Å²) in [4.78, 5) is 20.5. The highest BCUT2D eigenvalue weighted by molar-refractivity contribution is 5.88. The number of benzene rings is 2. The van der Waals surface area contributed by atoms with Gasteiger partial charge in [-0.05, 0) is 68.5 Å². The first-order valence-corrected chi connectivity index (χ1v) is 11.6. The Morgan fingerprint density at radius 1 is 1.12 bits per heavy atom. The smallest absolute Gasteiger partial charge is 0.339 e. The number of nitrogens with one attached hydrogen (secondary N) is 1. The zero-order valence-corrected chi connectivity index (χ0v) is 19.8. The van der Waals surface area contributed by atoms with Gasteiger partial charge in [-0.3, -0.25) is 0 Å². The van der Waals surface area contributed by atoms with Gasteiger partial charge < -0.3 is 19.7 Å². The number of hydrogen-bond acceptors (Lipinski definition) is 5. The highest BCUT2D eigenvalue weighted by atomic mass is 16.5. The molecule has 0 bridgehead atoms. The number of rotatable bonds is 10. The number of anilines is 1. The van der Waals surface area contributed by atoms with Crippen molar-refractivity contribution in [2.45, 2.75) is 40.2 Å². The fraction of sp³-hybridized carbons (Fsp3) is 0.296. The predicted molar refractivity (Wildman–Crippen MR) is 134 cm³/mol. The fourth-order valence-corrected chi connectivity index (χ4v) is 4.26. The van der Waals surface area contributed by atoms with E-state index in [0.29, 0.717) is 37.6 Å². The quantitative estimate of drug-likeness (QED) is 0.324. The van der Waals surface area contributed by atoms with Gasteiger partial charge in [0.2, 0.25) is 5.95 Å². The fourth-order valence-electron chi connectivity index (χ4n) is 4.26. The number of carboxylic acid groups (broad SMARTS) is 1. The molecule has 4 aromatic rings. The van der Waals surface area contributed by atoms with Crippen molar-refractivity contribution in [1.29, 1.82) is 0 Å². The molecular formula is C27H30N4O3. The highest BCUT2D eigenvalue weighted by Crippen LogP contribution is 2.23. The standard InChI is InChI=1S/C27H30N4O3/c1-4-31-17-20(22-7-5-6-8-25(22)31)9-10-24-23(26(32)33)16-29-27(30-24)28-11-12-34-21-14-18(2)13-19(3)15-21/h5-8,13-17H,4,9-12H2,1-3H3,(H,32,33)(H,28,29,30). The van der Waals surface area contributed by atoms with Gasteiger partial charge in [-0.15, -0.1) is 0 Å². The summed E-state index contributed by atoms with van der Waals surface area (Å²) < 4.78 is 8.04. The second-order valence-electron chi connectivity index (χ2n) is 8.42. The van der Waals surface area contributed by atoms with E-state index in [4.69, 9.17) is 4.74 Å². The van der Waals surface area contributed by atoms with Crippen LogP contribution >= 0.6 is 0 Å². The molecule has 0 aliphatic rings. The number of aromatic carboxylic acids is 1. The summed E-state index contributed by atoms with van der Waals surface area (Å²) in [5, 5.41) is 14.0. The number of aryl methyl sites for hydroxylation is 5. The van der Waals surface area contributed by atoms with Gasteiger partial charge in [0.05, 0.1) is 17.8 Å². The lowest BCUT2D eigenvalue weighted by atomic mass is 10.0. The first-order valence-electron chi connectivity index (χ1n) is 11.6. The van der Waals surface area contributed by atoms with Crippen molar-refractivity contribution in [2.24, 2.45) is 0 Å². The van der Waals surface area contributed by atoms with Crippen LogP contribution < -0.4 is 10.1 Å². The van der Waals surface area contributed by atoms with E-state index < -0.39 is 5.97 Å². The lowest BCUT2D eigenvalue weighted by molar-refractivity contribution is 0.0694. The van der Waals surface area contributed by atoms with Gasteiger partial charge in [0.15, 0.2) is 0 Å². The Bertz CT molecular complexity index is 1290. The summed E-state index contributed by atoms with van der Waals surface area (Å²) in [5.41, 5.74) is 5.34. The van der Waals surface area contributed by atoms with Crippen LogP contribution in [0.1, 0.15) is 39.7 Å². The molecule has 4 rings (SSSR count). The van der Waals surface area contributed by atoms with Crippen LogP contribution in [-0.4, -0.2) is 38.8 Å². The number of nitrogens with zero attached hydrogens (tertiary/aromatic N) is 3. The van der Waals surface area contributed by atoms with Gasteiger partial charge in [-0.1, -0.05) is 24.3 Å². The molecule has 7 nitrogen and oxygen atoms in total. The highest BCUT2D eigenvalue weighted by Gasteiger charge is 2.15. The Morgan fingerprint density at radius 2 is 1.88 bits per heavy atom. The molecular weight excluding hydrogens is 428 g/mol. The molecule has 0 amide bonds. The SMILES string of the molecule is CCn1cc(CCc2nc(NCCOc3cc(C)cc(C)c3)ncc2C(=O)O)c2ccccc21. The molecule has 0 atom stereocenters. The van der Waals surface area contributed by atoms with Crippen molar-refractivity contribution in [3.63, 3.8) is 0 Å². The van der Waals surface area contributed by atoms with Crippen molar-refractivity contribution in [3.05, 3.63) is 82.8 Å². The van der Waals surface area contributed by atoms with E-state index in [2.05, 4.69) is 51.2 Å². The van der Waals surface area contributed by atoms with Crippen LogP contribution in [0.4, 0.5) is 5.95 Å². The normalized spacial score (nSPS) is 11.0. The molecule has 0 radical (unpaired) electrons. The molecule has 0 fully saturated rings. The maximum Gasteiger partial charge on any atom is 0.339 e. The molecule has 0 unspecified atom stereocenters. The van der Waals surface area contributed by atoms with Gasteiger partial charge in [-0.2, -0.15) is 0 Å². The van der Waals surface area contributed by atoms with Gasteiger partial charge in [-0.25, -0.2) is 14.8 Å². The number of aromatic nitrogens is 3. The number of para-hydroxylation sites is 1. The maximum absolute atomic E-state index is 11.8. The molecule has 0 saturated heterocycles. The van der Waals surface area contributed by atoms with Crippen molar-refractivity contribution < 1.29 is 14.6 Å². The number of carbonyl (C=O) groups is 1. The van der Waals surface area contributed by atoms with Crippen LogP contribution in [-0.2, 0) is 19.4 Å². The van der Waals surface area contributed by atoms with Crippen LogP contribution in [0.3, 0.4) is 0 Å². The zero-order valence-electron chi connectivity index (χ0n) is 19.8. The molecule has 0 spiro atoms. The average Bonchev–Trinajstić information content (AvgIpc) is 3.18. The number of carboxylic acids is 1. The third kappa shape index (κ3) is 5.36. The van der Waals surface area contributed by atoms with E-state index in [1.165, 1.54) is 22.7 Å². The average molecular weight is 459 g/mol. The largest absolute Gasteiger partial charge is 0.492 e. The molecule has 2 aromatic carbocycles. The van der Waals surface area contributed by atoms with Crippen molar-refractivity contribution >= 4 is 22.8 Å². The number of fused-ring (bicyclic) bond motifs is 1. The number of ether oxygens (including phenoxy) is 1. The third-order valence-corrected chi connectivity index (χ3v) is 5.79. The Morgan fingerprint density at radius 3 is 2.62 bits per heavy atom. The van der Waals surface area contributed by atoms with Gasteiger partial charge in [0, 0.05) is 29.8 Å². The maximum atomic E-state index is 11.8. The number of hydrogen-bond donors (Lipinski definition) is 2. The predicted octanol–water partition coefficient (Wildman–Crippen LogP) is 5.04. The second-order valence-corrected chi connectivity index (χ2v) is 8.42. The molecule has 0 saturated carbocycles. The Labute approximate surface area is 199 Å². The summed E-state index contributed by atoms with van der Waals surface area (Å²) in [6, 6.07) is 14.4. The van der Waals surface area contributed by atoms with Crippen LogP contribution in [0.5, 0.6) is 5.75 Å². The van der Waals surface area contributed by atoms with Crippen molar-refractivity contribution in [3.8, 4) is 5.75 Å². The minimum absolute atomic E-state index is 0.135. The van der Waals surface area contributed by atoms with Crippen LogP contribution in [0, 0.1) is 13.8 Å². The van der Waals surface area contributed by atoms with Crippen LogP contribution in [0.2, 0.25) is 0 Å². The monoisotopic (exact) mass is 458 g/mol. The van der Waals surface area contributed by atoms with E-state index in [0.717, 1.165) is 23.4 Å². The molecule has 176 valence electrons. The summed E-state index contributed by atoms with van der Waals surface area (Å²) >= 11 is 0. The summed E-state index contributed by atoms with van der Waals surface area (Å²) in [7, 11) is 0. The molecule has 34 heavy (non-hydrogen) atoms. The zero-order chi connectivity index (χ0) is 24.1. The molecule has 0 aliphatic carbocycles. The minimum atomic E-state index is -1.02. The second kappa shape index (κ2) is 10.4. The third-order valence-electron chi connectivity index (χ3n) is 5.79. The summed E-state index contributed by atoms with van der Waals surface area (Å²) in [5.74, 6) is 0.212. The summed E-state index contributed by atoms with van der Waals surface area (Å²) in [6.07, 6.45) is 4.73. The van der Waals surface area contributed by atoms with Gasteiger partial charge in [0.1, 0.15) is 12.4 Å². The molecule has 2 heterocycles. The minimum Gasteiger partial charge on any atom is -0.492 e. The van der Waals surface area contributed by atoms with E-state index in [-0.39, 0.29) is 5.56 Å². The summed E-state index contributed by atoms with van der Waals surface area (Å²) in [6.45, 7) is 8.02. The van der Waals surface area contributed by atoms with Gasteiger partial charge >= 0.3 is 5.97 Å². The Kier molecular flexibility index (Phi) is 7.11. The first kappa shape index (κ1) is 23.3. The van der Waals surface area contributed by atoms with Crippen molar-refractivity contribution in [2.75, 3.05) is 18.5 Å². The van der Waals surface area contributed by atoms with E-state index in [1.807, 2.05) is 38.1 Å². The van der Waals surface area contributed by atoms with Crippen molar-refractivity contribution in [1.82, 2.24) is 14.5 Å².